The quantitative estimate of drug-likeness (QED) is 0.568. The van der Waals surface area contributed by atoms with E-state index < -0.39 is 5.41 Å². The lowest BCUT2D eigenvalue weighted by Crippen LogP contribution is -2.63. The maximum atomic E-state index is 13.5. The van der Waals surface area contributed by atoms with Crippen molar-refractivity contribution in [1.82, 2.24) is 5.32 Å². The fourth-order valence-corrected chi connectivity index (χ4v) is 7.24. The van der Waals surface area contributed by atoms with Crippen LogP contribution < -0.4 is 10.6 Å². The largest absolute Gasteiger partial charge is 0.325 e. The Morgan fingerprint density at radius 2 is 2.04 bits per heavy atom. The lowest BCUT2D eigenvalue weighted by atomic mass is 9.48. The lowest BCUT2D eigenvalue weighted by Gasteiger charge is -2.53. The summed E-state index contributed by atoms with van der Waals surface area (Å²) in [6.45, 7) is 2.77. The molecule has 3 aliphatic carbocycles. The predicted octanol–water partition coefficient (Wildman–Crippen LogP) is 2.02. The minimum absolute atomic E-state index is 0.0693. The van der Waals surface area contributed by atoms with Crippen LogP contribution in [-0.4, -0.2) is 24.3 Å². The van der Waals surface area contributed by atoms with Crippen LogP contribution in [0.4, 0.5) is 5.69 Å². The second-order valence-electron chi connectivity index (χ2n) is 8.35. The van der Waals surface area contributed by atoms with Crippen molar-refractivity contribution in [2.24, 2.45) is 22.7 Å². The third-order valence-corrected chi connectivity index (χ3v) is 7.97. The van der Waals surface area contributed by atoms with Gasteiger partial charge in [-0.15, -0.1) is 0 Å². The standard InChI is InChI=1S/C20H20N2O2/c1-11-16(23)19-9-18(11)8-4-7-14-15(18)20(19,10-21-14)12-5-2-3-6-13(12)22-17(19)24/h2-6,8,11,14-15,21H,7,9-10H2,1H3,(H,22,24). The van der Waals surface area contributed by atoms with Gasteiger partial charge in [0.2, 0.25) is 5.91 Å². The molecule has 1 aromatic rings. The number of hydrogen-bond acceptors (Lipinski definition) is 3. The van der Waals surface area contributed by atoms with Crippen LogP contribution in [0.2, 0.25) is 0 Å². The first kappa shape index (κ1) is 13.4. The zero-order valence-electron chi connectivity index (χ0n) is 13.6. The van der Waals surface area contributed by atoms with Crippen LogP contribution in [0.15, 0.2) is 36.4 Å². The summed E-state index contributed by atoms with van der Waals surface area (Å²) in [5.74, 6) is 0.334. The molecule has 2 heterocycles. The van der Waals surface area contributed by atoms with E-state index in [-0.39, 0.29) is 28.4 Å². The zero-order valence-corrected chi connectivity index (χ0v) is 13.6. The maximum Gasteiger partial charge on any atom is 0.239 e. The summed E-state index contributed by atoms with van der Waals surface area (Å²) < 4.78 is 0. The number of fused-ring (bicyclic) bond motifs is 1. The molecule has 6 unspecified atom stereocenters. The van der Waals surface area contributed by atoms with E-state index in [9.17, 15) is 9.59 Å². The minimum Gasteiger partial charge on any atom is -0.325 e. The van der Waals surface area contributed by atoms with Crippen LogP contribution in [0.25, 0.3) is 0 Å². The number of ketones is 1. The molecule has 3 spiro atoms. The average Bonchev–Trinajstić information content (AvgIpc) is 3.18. The molecule has 122 valence electrons. The third-order valence-electron chi connectivity index (χ3n) is 7.97. The van der Waals surface area contributed by atoms with Crippen LogP contribution in [0.1, 0.15) is 25.3 Å². The molecule has 3 fully saturated rings. The SMILES string of the molecule is CC1C(=O)C23CC14C=CCC1NCC2(c2ccccc2NC3=O)C14. The van der Waals surface area contributed by atoms with Gasteiger partial charge in [0.25, 0.3) is 0 Å². The van der Waals surface area contributed by atoms with Gasteiger partial charge in [0.15, 0.2) is 5.78 Å². The summed E-state index contributed by atoms with van der Waals surface area (Å²) in [6.07, 6.45) is 6.19. The van der Waals surface area contributed by atoms with Crippen molar-refractivity contribution < 1.29 is 9.59 Å². The van der Waals surface area contributed by atoms with Gasteiger partial charge in [-0.05, 0) is 30.4 Å². The Hall–Kier alpha value is -1.94. The number of amides is 1. The lowest BCUT2D eigenvalue weighted by molar-refractivity contribution is -0.146. The molecule has 4 heteroatoms. The van der Waals surface area contributed by atoms with E-state index in [2.05, 4.69) is 28.9 Å². The smallest absolute Gasteiger partial charge is 0.239 e. The van der Waals surface area contributed by atoms with E-state index in [1.807, 2.05) is 25.1 Å². The average molecular weight is 320 g/mol. The molecule has 6 atom stereocenters. The normalized spacial score (nSPS) is 49.6. The zero-order chi connectivity index (χ0) is 16.3. The topological polar surface area (TPSA) is 58.2 Å². The van der Waals surface area contributed by atoms with Gasteiger partial charge in [0.1, 0.15) is 5.41 Å². The molecule has 0 aromatic heterocycles. The second kappa shape index (κ2) is 3.67. The molecule has 2 N–H and O–H groups in total. The molecule has 2 aliphatic heterocycles. The summed E-state index contributed by atoms with van der Waals surface area (Å²) in [6, 6.07) is 8.48. The first-order valence-electron chi connectivity index (χ1n) is 8.94. The molecule has 0 radical (unpaired) electrons. The van der Waals surface area contributed by atoms with E-state index in [0.29, 0.717) is 18.4 Å². The molecule has 6 rings (SSSR count). The molecule has 2 saturated carbocycles. The number of Topliss-reactive ketones (excluding diaryl/α,β-unsaturated/α-hetero) is 1. The number of hydrogen-bond donors (Lipinski definition) is 2. The maximum absolute atomic E-state index is 13.5. The van der Waals surface area contributed by atoms with Crippen molar-refractivity contribution >= 4 is 17.4 Å². The van der Waals surface area contributed by atoms with Crippen molar-refractivity contribution in [2.45, 2.75) is 31.2 Å². The summed E-state index contributed by atoms with van der Waals surface area (Å²) >= 11 is 0. The first-order valence-corrected chi connectivity index (χ1v) is 8.94. The number of nitrogens with one attached hydrogen (secondary N) is 2. The summed E-state index contributed by atoms with van der Waals surface area (Å²) in [5.41, 5.74) is 0.612. The Labute approximate surface area is 140 Å². The molecule has 2 bridgehead atoms. The van der Waals surface area contributed by atoms with Crippen molar-refractivity contribution in [3.8, 4) is 0 Å². The number of carbonyl (C=O) groups is 2. The van der Waals surface area contributed by atoms with Crippen LogP contribution in [-0.2, 0) is 15.0 Å². The summed E-state index contributed by atoms with van der Waals surface area (Å²) in [7, 11) is 0. The molecule has 1 amide bonds. The number of para-hydroxylation sites is 1. The number of rotatable bonds is 0. The van der Waals surface area contributed by atoms with Gasteiger partial charge in [-0.1, -0.05) is 37.3 Å². The van der Waals surface area contributed by atoms with Gasteiger partial charge in [-0.2, -0.15) is 0 Å². The molecule has 1 aromatic carbocycles. The predicted molar refractivity (Wildman–Crippen MR) is 89.4 cm³/mol. The summed E-state index contributed by atoms with van der Waals surface area (Å²) in [4.78, 5) is 26.8. The number of allylic oxidation sites excluding steroid dienone is 1. The van der Waals surface area contributed by atoms with Crippen LogP contribution in [0, 0.1) is 22.7 Å². The van der Waals surface area contributed by atoms with Crippen molar-refractivity contribution in [3.63, 3.8) is 0 Å². The van der Waals surface area contributed by atoms with Crippen LogP contribution >= 0.6 is 0 Å². The fourth-order valence-electron chi connectivity index (χ4n) is 7.24. The Morgan fingerprint density at radius 1 is 1.21 bits per heavy atom. The number of carbonyl (C=O) groups excluding carboxylic acids is 2. The first-order chi connectivity index (χ1) is 11.6. The Kier molecular flexibility index (Phi) is 2.04. The van der Waals surface area contributed by atoms with Crippen molar-refractivity contribution in [3.05, 3.63) is 42.0 Å². The highest BCUT2D eigenvalue weighted by Crippen LogP contribution is 2.78. The minimum atomic E-state index is -0.901. The third kappa shape index (κ3) is 1.01. The van der Waals surface area contributed by atoms with E-state index in [0.717, 1.165) is 18.7 Å². The highest BCUT2D eigenvalue weighted by atomic mass is 16.2. The Morgan fingerprint density at radius 3 is 2.92 bits per heavy atom. The van der Waals surface area contributed by atoms with Crippen LogP contribution in [0.3, 0.4) is 0 Å². The molecule has 1 saturated heterocycles. The highest BCUT2D eigenvalue weighted by Gasteiger charge is 2.85. The second-order valence-corrected chi connectivity index (χ2v) is 8.35. The molecule has 24 heavy (non-hydrogen) atoms. The molecular weight excluding hydrogens is 300 g/mol. The van der Waals surface area contributed by atoms with Crippen molar-refractivity contribution in [2.75, 3.05) is 11.9 Å². The van der Waals surface area contributed by atoms with Gasteiger partial charge in [-0.25, -0.2) is 0 Å². The summed E-state index contributed by atoms with van der Waals surface area (Å²) in [5, 5.41) is 6.76. The van der Waals surface area contributed by atoms with Gasteiger partial charge in [0, 0.05) is 35.0 Å². The van der Waals surface area contributed by atoms with Gasteiger partial charge in [-0.3, -0.25) is 9.59 Å². The Bertz CT molecular complexity index is 861. The van der Waals surface area contributed by atoms with E-state index >= 15 is 0 Å². The monoisotopic (exact) mass is 320 g/mol. The van der Waals surface area contributed by atoms with Gasteiger partial charge >= 0.3 is 0 Å². The number of anilines is 1. The molecule has 4 nitrogen and oxygen atoms in total. The van der Waals surface area contributed by atoms with Crippen molar-refractivity contribution in [1.29, 1.82) is 0 Å². The van der Waals surface area contributed by atoms with Crippen LogP contribution in [0.5, 0.6) is 0 Å². The van der Waals surface area contributed by atoms with E-state index in [1.54, 1.807) is 0 Å². The number of benzene rings is 1. The molecular formula is C20H20N2O2. The van der Waals surface area contributed by atoms with Gasteiger partial charge < -0.3 is 10.6 Å². The highest BCUT2D eigenvalue weighted by molar-refractivity contribution is 6.18. The van der Waals surface area contributed by atoms with E-state index in [4.69, 9.17) is 0 Å². The molecule has 5 aliphatic rings. The Balaban J connectivity index is 1.76. The fraction of sp³-hybridized carbons (Fsp3) is 0.500. The van der Waals surface area contributed by atoms with Gasteiger partial charge in [0.05, 0.1) is 0 Å². The van der Waals surface area contributed by atoms with E-state index in [1.165, 1.54) is 5.56 Å².